The first kappa shape index (κ1) is 8.40. The van der Waals surface area contributed by atoms with Crippen molar-refractivity contribution in [2.24, 2.45) is 5.73 Å². The second-order valence-corrected chi connectivity index (χ2v) is 2.45. The van der Waals surface area contributed by atoms with Gasteiger partial charge in [-0.15, -0.1) is 0 Å². The highest BCUT2D eigenvalue weighted by Crippen LogP contribution is 1.80. The fraction of sp³-hybridized carbons (Fsp3) is 1.00. The first-order valence-corrected chi connectivity index (χ1v) is 3.98. The standard InChI is InChI=1S/C5H13BrN2/c1-2-5(7)8-4-3-6/h5,8H,2-4,7H2,1H3. The van der Waals surface area contributed by atoms with Gasteiger partial charge in [-0.1, -0.05) is 22.9 Å². The minimum absolute atomic E-state index is 0.174. The van der Waals surface area contributed by atoms with Crippen molar-refractivity contribution in [3.05, 3.63) is 0 Å². The van der Waals surface area contributed by atoms with Crippen LogP contribution in [0, 0.1) is 0 Å². The van der Waals surface area contributed by atoms with E-state index < -0.39 is 0 Å². The summed E-state index contributed by atoms with van der Waals surface area (Å²) in [7, 11) is 0. The van der Waals surface area contributed by atoms with E-state index in [4.69, 9.17) is 5.73 Å². The molecule has 1 unspecified atom stereocenters. The Kier molecular flexibility index (Phi) is 5.81. The molecule has 0 aliphatic heterocycles. The molecule has 2 nitrogen and oxygen atoms in total. The molecule has 0 aromatic heterocycles. The largest absolute Gasteiger partial charge is 0.316 e. The van der Waals surface area contributed by atoms with Gasteiger partial charge in [0.2, 0.25) is 0 Å². The number of alkyl halides is 1. The van der Waals surface area contributed by atoms with Gasteiger partial charge in [-0.2, -0.15) is 0 Å². The van der Waals surface area contributed by atoms with Crippen LogP contribution in [0.5, 0.6) is 0 Å². The molecule has 0 aliphatic rings. The summed E-state index contributed by atoms with van der Waals surface area (Å²) < 4.78 is 0. The van der Waals surface area contributed by atoms with Crippen molar-refractivity contribution in [1.29, 1.82) is 0 Å². The third-order valence-corrected chi connectivity index (χ3v) is 1.34. The summed E-state index contributed by atoms with van der Waals surface area (Å²) in [5, 5.41) is 4.09. The van der Waals surface area contributed by atoms with Gasteiger partial charge in [0.05, 0.1) is 6.17 Å². The minimum atomic E-state index is 0.174. The Morgan fingerprint density at radius 1 is 1.75 bits per heavy atom. The molecule has 0 aromatic rings. The van der Waals surface area contributed by atoms with Crippen LogP contribution in [0.15, 0.2) is 0 Å². The van der Waals surface area contributed by atoms with Crippen LogP contribution in [-0.4, -0.2) is 18.0 Å². The van der Waals surface area contributed by atoms with Crippen molar-refractivity contribution in [2.45, 2.75) is 19.5 Å². The molecule has 0 saturated carbocycles. The van der Waals surface area contributed by atoms with Gasteiger partial charge in [-0.05, 0) is 6.42 Å². The Bertz CT molecular complexity index is 49.7. The average molecular weight is 181 g/mol. The summed E-state index contributed by atoms with van der Waals surface area (Å²) in [4.78, 5) is 0. The third-order valence-electron chi connectivity index (χ3n) is 0.941. The lowest BCUT2D eigenvalue weighted by Crippen LogP contribution is -2.37. The average Bonchev–Trinajstić information content (AvgIpc) is 1.83. The highest BCUT2D eigenvalue weighted by Gasteiger charge is 1.92. The van der Waals surface area contributed by atoms with E-state index in [-0.39, 0.29) is 6.17 Å². The van der Waals surface area contributed by atoms with Gasteiger partial charge < -0.3 is 11.1 Å². The summed E-state index contributed by atoms with van der Waals surface area (Å²) in [5.74, 6) is 0. The van der Waals surface area contributed by atoms with Crippen LogP contribution >= 0.6 is 15.9 Å². The van der Waals surface area contributed by atoms with Crippen LogP contribution in [0.1, 0.15) is 13.3 Å². The first-order chi connectivity index (χ1) is 3.81. The van der Waals surface area contributed by atoms with Gasteiger partial charge in [0.1, 0.15) is 0 Å². The maximum atomic E-state index is 5.53. The van der Waals surface area contributed by atoms with Crippen LogP contribution in [0.25, 0.3) is 0 Å². The van der Waals surface area contributed by atoms with E-state index in [1.807, 2.05) is 0 Å². The summed E-state index contributed by atoms with van der Waals surface area (Å²) >= 11 is 3.29. The zero-order chi connectivity index (χ0) is 6.41. The van der Waals surface area contributed by atoms with E-state index in [0.717, 1.165) is 18.3 Å². The predicted molar refractivity (Wildman–Crippen MR) is 40.1 cm³/mol. The van der Waals surface area contributed by atoms with E-state index in [1.165, 1.54) is 0 Å². The van der Waals surface area contributed by atoms with Crippen LogP contribution in [0.3, 0.4) is 0 Å². The number of rotatable bonds is 4. The number of hydrogen-bond acceptors (Lipinski definition) is 2. The number of hydrogen-bond donors (Lipinski definition) is 2. The van der Waals surface area contributed by atoms with Crippen LogP contribution in [0.4, 0.5) is 0 Å². The predicted octanol–water partition coefficient (Wildman–Crippen LogP) is 0.666. The zero-order valence-electron chi connectivity index (χ0n) is 5.15. The molecule has 3 N–H and O–H groups in total. The quantitative estimate of drug-likeness (QED) is 0.494. The number of halogens is 1. The molecule has 0 heterocycles. The smallest absolute Gasteiger partial charge is 0.0543 e. The van der Waals surface area contributed by atoms with E-state index in [9.17, 15) is 0 Å². The number of nitrogens with one attached hydrogen (secondary N) is 1. The minimum Gasteiger partial charge on any atom is -0.316 e. The first-order valence-electron chi connectivity index (χ1n) is 2.86. The molecule has 50 valence electrons. The van der Waals surface area contributed by atoms with E-state index in [0.29, 0.717) is 0 Å². The van der Waals surface area contributed by atoms with Gasteiger partial charge >= 0.3 is 0 Å². The Morgan fingerprint density at radius 3 is 2.75 bits per heavy atom. The zero-order valence-corrected chi connectivity index (χ0v) is 6.74. The van der Waals surface area contributed by atoms with Crippen LogP contribution in [-0.2, 0) is 0 Å². The Morgan fingerprint density at radius 2 is 2.38 bits per heavy atom. The molecule has 0 aromatic carbocycles. The van der Waals surface area contributed by atoms with E-state index in [1.54, 1.807) is 0 Å². The Labute approximate surface area is 59.0 Å². The molecule has 1 atom stereocenters. The lowest BCUT2D eigenvalue weighted by atomic mass is 10.4. The highest BCUT2D eigenvalue weighted by atomic mass is 79.9. The van der Waals surface area contributed by atoms with E-state index >= 15 is 0 Å². The molecule has 3 heteroatoms. The van der Waals surface area contributed by atoms with Crippen LogP contribution in [0.2, 0.25) is 0 Å². The molecule has 0 amide bonds. The topological polar surface area (TPSA) is 38.0 Å². The van der Waals surface area contributed by atoms with Crippen LogP contribution < -0.4 is 11.1 Å². The molecule has 8 heavy (non-hydrogen) atoms. The fourth-order valence-electron chi connectivity index (χ4n) is 0.384. The summed E-state index contributed by atoms with van der Waals surface area (Å²) in [6.45, 7) is 3.01. The number of nitrogens with two attached hydrogens (primary N) is 1. The Hall–Kier alpha value is 0.400. The lowest BCUT2D eigenvalue weighted by molar-refractivity contribution is 0.533. The van der Waals surface area contributed by atoms with Gasteiger partial charge in [0, 0.05) is 11.9 Å². The molecular weight excluding hydrogens is 168 g/mol. The monoisotopic (exact) mass is 180 g/mol. The molecule has 0 radical (unpaired) electrons. The molecule has 0 spiro atoms. The molecule has 0 saturated heterocycles. The maximum absolute atomic E-state index is 5.53. The van der Waals surface area contributed by atoms with Crippen molar-refractivity contribution in [2.75, 3.05) is 11.9 Å². The Balaban J connectivity index is 2.86. The van der Waals surface area contributed by atoms with Crippen molar-refractivity contribution in [3.63, 3.8) is 0 Å². The molecule has 0 fully saturated rings. The molecular formula is C5H13BrN2. The summed E-state index contributed by atoms with van der Waals surface area (Å²) in [5.41, 5.74) is 5.53. The second-order valence-electron chi connectivity index (χ2n) is 1.66. The normalized spacial score (nSPS) is 13.9. The molecule has 0 aliphatic carbocycles. The second kappa shape index (κ2) is 5.54. The highest BCUT2D eigenvalue weighted by molar-refractivity contribution is 9.09. The lowest BCUT2D eigenvalue weighted by Gasteiger charge is -2.08. The summed E-state index contributed by atoms with van der Waals surface area (Å²) in [6, 6.07) is 0. The van der Waals surface area contributed by atoms with Gasteiger partial charge in [-0.3, -0.25) is 0 Å². The van der Waals surface area contributed by atoms with E-state index in [2.05, 4.69) is 28.2 Å². The van der Waals surface area contributed by atoms with Gasteiger partial charge in [-0.25, -0.2) is 0 Å². The molecule has 0 bridgehead atoms. The third kappa shape index (κ3) is 4.56. The SMILES string of the molecule is CCC(N)NCCBr. The van der Waals surface area contributed by atoms with Crippen molar-refractivity contribution in [3.8, 4) is 0 Å². The van der Waals surface area contributed by atoms with Crippen molar-refractivity contribution >= 4 is 15.9 Å². The molecule has 0 rings (SSSR count). The maximum Gasteiger partial charge on any atom is 0.0543 e. The fourth-order valence-corrected chi connectivity index (χ4v) is 0.613. The van der Waals surface area contributed by atoms with Gasteiger partial charge in [0.25, 0.3) is 0 Å². The van der Waals surface area contributed by atoms with Crippen molar-refractivity contribution in [1.82, 2.24) is 5.32 Å². The van der Waals surface area contributed by atoms with Crippen molar-refractivity contribution < 1.29 is 0 Å². The van der Waals surface area contributed by atoms with Gasteiger partial charge in [0.15, 0.2) is 0 Å². The summed E-state index contributed by atoms with van der Waals surface area (Å²) in [6.07, 6.45) is 1.17.